The molecule has 5 nitrogen and oxygen atoms in total. The zero-order valence-corrected chi connectivity index (χ0v) is 11.6. The highest BCUT2D eigenvalue weighted by Crippen LogP contribution is 2.20. The fourth-order valence-corrected chi connectivity index (χ4v) is 1.87. The molecule has 0 spiro atoms. The van der Waals surface area contributed by atoms with Crippen LogP contribution in [-0.2, 0) is 13.6 Å². The van der Waals surface area contributed by atoms with Gasteiger partial charge in [0.25, 0.3) is 11.5 Å². The third-order valence-electron chi connectivity index (χ3n) is 2.94. The number of nitrogens with zero attached hydrogens (tertiary/aromatic N) is 2. The second-order valence-electron chi connectivity index (χ2n) is 4.72. The van der Waals surface area contributed by atoms with E-state index in [4.69, 9.17) is 4.42 Å². The van der Waals surface area contributed by atoms with Crippen molar-refractivity contribution in [3.8, 4) is 0 Å². The SMILES string of the molecule is Cn1ccc(C(=O)N(Cc2ccco2)CC(F)(F)F)cc1=O. The average Bonchev–Trinajstić information content (AvgIpc) is 2.92. The molecule has 0 aliphatic heterocycles. The number of carbonyl (C=O) groups excluding carboxylic acids is 1. The topological polar surface area (TPSA) is 55.5 Å². The van der Waals surface area contributed by atoms with Gasteiger partial charge in [-0.05, 0) is 18.2 Å². The first kappa shape index (κ1) is 15.9. The van der Waals surface area contributed by atoms with E-state index in [2.05, 4.69) is 0 Å². The van der Waals surface area contributed by atoms with Crippen LogP contribution in [0.15, 0.2) is 45.9 Å². The van der Waals surface area contributed by atoms with Gasteiger partial charge < -0.3 is 13.9 Å². The van der Waals surface area contributed by atoms with Crippen molar-refractivity contribution >= 4 is 5.91 Å². The maximum atomic E-state index is 12.7. The van der Waals surface area contributed by atoms with Gasteiger partial charge in [0.1, 0.15) is 12.3 Å². The van der Waals surface area contributed by atoms with E-state index in [1.54, 1.807) is 0 Å². The molecule has 0 unspecified atom stereocenters. The molecule has 0 aromatic carbocycles. The summed E-state index contributed by atoms with van der Waals surface area (Å²) in [6.45, 7) is -1.76. The number of hydrogen-bond donors (Lipinski definition) is 0. The number of aromatic nitrogens is 1. The molecule has 2 heterocycles. The van der Waals surface area contributed by atoms with Gasteiger partial charge in [0.15, 0.2) is 0 Å². The van der Waals surface area contributed by atoms with Gasteiger partial charge in [0.05, 0.1) is 12.8 Å². The third kappa shape index (κ3) is 4.00. The van der Waals surface area contributed by atoms with E-state index in [9.17, 15) is 22.8 Å². The van der Waals surface area contributed by atoms with Crippen molar-refractivity contribution in [1.29, 1.82) is 0 Å². The Morgan fingerprint density at radius 3 is 2.64 bits per heavy atom. The minimum atomic E-state index is -4.55. The Bertz CT molecular complexity index is 705. The van der Waals surface area contributed by atoms with E-state index in [0.29, 0.717) is 4.90 Å². The predicted molar refractivity (Wildman–Crippen MR) is 71.2 cm³/mol. The largest absolute Gasteiger partial charge is 0.467 e. The molecule has 2 aromatic heterocycles. The number of alkyl halides is 3. The lowest BCUT2D eigenvalue weighted by Gasteiger charge is -2.23. The third-order valence-corrected chi connectivity index (χ3v) is 2.94. The summed E-state index contributed by atoms with van der Waals surface area (Å²) in [5.41, 5.74) is -0.574. The average molecular weight is 314 g/mol. The molecule has 0 bridgehead atoms. The smallest absolute Gasteiger partial charge is 0.406 e. The second kappa shape index (κ2) is 6.08. The van der Waals surface area contributed by atoms with Gasteiger partial charge >= 0.3 is 6.18 Å². The van der Waals surface area contributed by atoms with E-state index < -0.39 is 24.2 Å². The molecule has 0 N–H and O–H groups in total. The van der Waals surface area contributed by atoms with E-state index >= 15 is 0 Å². The summed E-state index contributed by atoms with van der Waals surface area (Å²) in [7, 11) is 1.48. The molecule has 0 atom stereocenters. The van der Waals surface area contributed by atoms with Crippen molar-refractivity contribution in [3.05, 3.63) is 58.4 Å². The highest BCUT2D eigenvalue weighted by Gasteiger charge is 2.33. The zero-order chi connectivity index (χ0) is 16.3. The Labute approximate surface area is 123 Å². The van der Waals surface area contributed by atoms with E-state index in [1.807, 2.05) is 0 Å². The summed E-state index contributed by atoms with van der Waals surface area (Å²) in [4.78, 5) is 24.4. The number of pyridine rings is 1. The number of hydrogen-bond acceptors (Lipinski definition) is 3. The highest BCUT2D eigenvalue weighted by atomic mass is 19.4. The molecule has 0 radical (unpaired) electrons. The van der Waals surface area contributed by atoms with Crippen LogP contribution < -0.4 is 5.56 Å². The number of rotatable bonds is 4. The molecule has 0 saturated heterocycles. The minimum Gasteiger partial charge on any atom is -0.467 e. The molecule has 0 aliphatic rings. The number of halogens is 3. The van der Waals surface area contributed by atoms with Crippen LogP contribution in [0.2, 0.25) is 0 Å². The fraction of sp³-hybridized carbons (Fsp3) is 0.286. The Balaban J connectivity index is 2.28. The van der Waals surface area contributed by atoms with Gasteiger partial charge in [0.2, 0.25) is 0 Å². The first-order valence-electron chi connectivity index (χ1n) is 6.31. The molecule has 8 heteroatoms. The molecule has 2 aromatic rings. The van der Waals surface area contributed by atoms with E-state index in [-0.39, 0.29) is 17.9 Å². The van der Waals surface area contributed by atoms with Gasteiger partial charge in [0, 0.05) is 24.9 Å². The van der Waals surface area contributed by atoms with Gasteiger partial charge in [-0.3, -0.25) is 9.59 Å². The van der Waals surface area contributed by atoms with Crippen molar-refractivity contribution in [3.63, 3.8) is 0 Å². The Morgan fingerprint density at radius 2 is 2.09 bits per heavy atom. The van der Waals surface area contributed by atoms with E-state index in [0.717, 1.165) is 6.07 Å². The maximum Gasteiger partial charge on any atom is 0.406 e. The second-order valence-corrected chi connectivity index (χ2v) is 4.72. The zero-order valence-electron chi connectivity index (χ0n) is 11.6. The summed E-state index contributed by atoms with van der Waals surface area (Å²) in [6, 6.07) is 5.30. The molecule has 2 rings (SSSR count). The fourth-order valence-electron chi connectivity index (χ4n) is 1.87. The lowest BCUT2D eigenvalue weighted by atomic mass is 10.2. The summed E-state index contributed by atoms with van der Waals surface area (Å²) in [6.07, 6.45) is -1.92. The molecule has 0 saturated carbocycles. The predicted octanol–water partition coefficient (Wildman–Crippen LogP) is 2.18. The van der Waals surface area contributed by atoms with E-state index in [1.165, 1.54) is 42.3 Å². The maximum absolute atomic E-state index is 12.7. The number of amides is 1. The lowest BCUT2D eigenvalue weighted by molar-refractivity contribution is -0.142. The number of aryl methyl sites for hydroxylation is 1. The standard InChI is InChI=1S/C14H13F3N2O3/c1-18-5-4-10(7-12(18)20)13(21)19(9-14(15,16)17)8-11-3-2-6-22-11/h2-7H,8-9H2,1H3. The molecule has 0 fully saturated rings. The molecule has 0 aliphatic carbocycles. The van der Waals surface area contributed by atoms with Crippen LogP contribution in [0.3, 0.4) is 0 Å². The molecule has 118 valence electrons. The summed E-state index contributed by atoms with van der Waals surface area (Å²) < 4.78 is 44.2. The van der Waals surface area contributed by atoms with Crippen LogP contribution in [0.25, 0.3) is 0 Å². The van der Waals surface area contributed by atoms with Crippen molar-refractivity contribution in [2.24, 2.45) is 7.05 Å². The molecule has 22 heavy (non-hydrogen) atoms. The van der Waals surface area contributed by atoms with Gasteiger partial charge in [-0.15, -0.1) is 0 Å². The Kier molecular flexibility index (Phi) is 4.39. The van der Waals surface area contributed by atoms with Crippen molar-refractivity contribution in [2.75, 3.05) is 6.54 Å². The minimum absolute atomic E-state index is 0.0982. The van der Waals surface area contributed by atoms with Crippen molar-refractivity contribution in [2.45, 2.75) is 12.7 Å². The molecule has 1 amide bonds. The van der Waals surface area contributed by atoms with Gasteiger partial charge in [-0.1, -0.05) is 0 Å². The van der Waals surface area contributed by atoms with Crippen LogP contribution in [0, 0.1) is 0 Å². The summed E-state index contributed by atoms with van der Waals surface area (Å²) >= 11 is 0. The van der Waals surface area contributed by atoms with Crippen molar-refractivity contribution < 1.29 is 22.4 Å². The Morgan fingerprint density at radius 1 is 1.36 bits per heavy atom. The number of carbonyl (C=O) groups is 1. The monoisotopic (exact) mass is 314 g/mol. The van der Waals surface area contributed by atoms with Crippen LogP contribution in [0.4, 0.5) is 13.2 Å². The van der Waals surface area contributed by atoms with Gasteiger partial charge in [-0.25, -0.2) is 0 Å². The first-order chi connectivity index (χ1) is 10.3. The van der Waals surface area contributed by atoms with Crippen LogP contribution >= 0.6 is 0 Å². The lowest BCUT2D eigenvalue weighted by Crippen LogP contribution is -2.39. The van der Waals surface area contributed by atoms with Crippen LogP contribution in [-0.4, -0.2) is 28.1 Å². The summed E-state index contributed by atoms with van der Waals surface area (Å²) in [5, 5.41) is 0. The number of furan rings is 1. The molecular formula is C14H13F3N2O3. The van der Waals surface area contributed by atoms with Crippen LogP contribution in [0.5, 0.6) is 0 Å². The van der Waals surface area contributed by atoms with Crippen molar-refractivity contribution in [1.82, 2.24) is 9.47 Å². The summed E-state index contributed by atoms with van der Waals surface area (Å²) in [5.74, 6) is -0.659. The van der Waals surface area contributed by atoms with Crippen LogP contribution in [0.1, 0.15) is 16.1 Å². The highest BCUT2D eigenvalue weighted by molar-refractivity contribution is 5.94. The molecular weight excluding hydrogens is 301 g/mol. The van der Waals surface area contributed by atoms with Gasteiger partial charge in [-0.2, -0.15) is 13.2 Å². The Hall–Kier alpha value is -2.51. The normalized spacial score (nSPS) is 11.5. The quantitative estimate of drug-likeness (QED) is 0.869. The first-order valence-corrected chi connectivity index (χ1v) is 6.31.